The molecule has 0 aliphatic carbocycles. The van der Waals surface area contributed by atoms with Crippen LogP contribution in [0.3, 0.4) is 0 Å². The van der Waals surface area contributed by atoms with E-state index in [1.165, 1.54) is 0 Å². The fraction of sp³-hybridized carbons (Fsp3) is 0.833. The highest BCUT2D eigenvalue weighted by molar-refractivity contribution is 4.57. The van der Waals surface area contributed by atoms with Gasteiger partial charge in [0.1, 0.15) is 0 Å². The lowest BCUT2D eigenvalue weighted by Gasteiger charge is -2.19. The van der Waals surface area contributed by atoms with Gasteiger partial charge in [0, 0.05) is 6.61 Å². The van der Waals surface area contributed by atoms with Crippen LogP contribution in [0.4, 0.5) is 0 Å². The van der Waals surface area contributed by atoms with Crippen LogP contribution in [0, 0.1) is 7.05 Å². The van der Waals surface area contributed by atoms with Crippen LogP contribution in [0.15, 0.2) is 0 Å². The van der Waals surface area contributed by atoms with E-state index in [9.17, 15) is 0 Å². The number of ether oxygens (including phenoxy) is 1. The first-order chi connectivity index (χ1) is 3.89. The minimum Gasteiger partial charge on any atom is -0.457 e. The first-order valence-corrected chi connectivity index (χ1v) is 3.03. The van der Waals surface area contributed by atoms with Crippen molar-refractivity contribution >= 4 is 0 Å². The minimum absolute atomic E-state index is 0.851. The SMILES string of the molecule is [CH2-]N1CCCOCC1. The zero-order chi connectivity index (χ0) is 5.82. The molecule has 1 aliphatic rings. The van der Waals surface area contributed by atoms with Gasteiger partial charge in [-0.2, -0.15) is 0 Å². The fourth-order valence-corrected chi connectivity index (χ4v) is 0.798. The van der Waals surface area contributed by atoms with Gasteiger partial charge in [-0.05, 0) is 19.5 Å². The van der Waals surface area contributed by atoms with Crippen molar-refractivity contribution in [2.45, 2.75) is 6.42 Å². The fourth-order valence-electron chi connectivity index (χ4n) is 0.798. The second-order valence-electron chi connectivity index (χ2n) is 2.08. The molecule has 1 aliphatic heterocycles. The van der Waals surface area contributed by atoms with Crippen LogP contribution in [0.5, 0.6) is 0 Å². The van der Waals surface area contributed by atoms with Gasteiger partial charge in [0.15, 0.2) is 0 Å². The zero-order valence-corrected chi connectivity index (χ0v) is 5.10. The molecule has 0 unspecified atom stereocenters. The Labute approximate surface area is 50.4 Å². The second-order valence-corrected chi connectivity index (χ2v) is 2.08. The zero-order valence-electron chi connectivity index (χ0n) is 5.10. The lowest BCUT2D eigenvalue weighted by atomic mass is 10.4. The summed E-state index contributed by atoms with van der Waals surface area (Å²) in [7, 11) is 3.81. The lowest BCUT2D eigenvalue weighted by molar-refractivity contribution is 0.146. The summed E-state index contributed by atoms with van der Waals surface area (Å²) >= 11 is 0. The predicted octanol–water partition coefficient (Wildman–Crippen LogP) is 0.500. The van der Waals surface area contributed by atoms with Gasteiger partial charge < -0.3 is 9.64 Å². The van der Waals surface area contributed by atoms with Crippen LogP contribution in [0.1, 0.15) is 6.42 Å². The molecule has 1 saturated heterocycles. The molecule has 1 rings (SSSR count). The van der Waals surface area contributed by atoms with E-state index >= 15 is 0 Å². The summed E-state index contributed by atoms with van der Waals surface area (Å²) in [5.41, 5.74) is 0. The summed E-state index contributed by atoms with van der Waals surface area (Å²) in [5, 5.41) is 0. The predicted molar refractivity (Wildman–Crippen MR) is 32.4 cm³/mol. The second kappa shape index (κ2) is 3.05. The first kappa shape index (κ1) is 6.05. The Balaban J connectivity index is 2.17. The molecule has 1 fully saturated rings. The van der Waals surface area contributed by atoms with Gasteiger partial charge in [0.2, 0.25) is 0 Å². The Morgan fingerprint density at radius 1 is 1.25 bits per heavy atom. The van der Waals surface area contributed by atoms with Crippen molar-refractivity contribution in [1.29, 1.82) is 0 Å². The van der Waals surface area contributed by atoms with Gasteiger partial charge in [0.25, 0.3) is 0 Å². The molecule has 0 radical (unpaired) electrons. The third-order valence-electron chi connectivity index (χ3n) is 1.31. The van der Waals surface area contributed by atoms with Crippen molar-refractivity contribution in [3.05, 3.63) is 7.05 Å². The highest BCUT2D eigenvalue weighted by Gasteiger charge is 1.96. The standard InChI is InChI=1S/C6H12NO/c1-7-3-2-5-8-6-4-7/h1-6H2/q-1. The summed E-state index contributed by atoms with van der Waals surface area (Å²) in [6.45, 7) is 3.83. The van der Waals surface area contributed by atoms with Gasteiger partial charge in [-0.3, -0.25) is 7.05 Å². The van der Waals surface area contributed by atoms with Gasteiger partial charge >= 0.3 is 0 Å². The Morgan fingerprint density at radius 2 is 2.12 bits per heavy atom. The Bertz CT molecular complexity index is 57.5. The van der Waals surface area contributed by atoms with E-state index in [-0.39, 0.29) is 0 Å². The molecule has 2 heteroatoms. The Kier molecular flexibility index (Phi) is 2.30. The summed E-state index contributed by atoms with van der Waals surface area (Å²) in [6, 6.07) is 0. The number of hydrogen-bond acceptors (Lipinski definition) is 2. The van der Waals surface area contributed by atoms with E-state index < -0.39 is 0 Å². The van der Waals surface area contributed by atoms with E-state index in [0.29, 0.717) is 0 Å². The Hall–Kier alpha value is -0.0800. The molecule has 0 N–H and O–H groups in total. The van der Waals surface area contributed by atoms with Crippen molar-refractivity contribution in [2.75, 3.05) is 26.3 Å². The molecule has 0 aromatic rings. The van der Waals surface area contributed by atoms with E-state index in [4.69, 9.17) is 4.74 Å². The van der Waals surface area contributed by atoms with Crippen molar-refractivity contribution in [3.63, 3.8) is 0 Å². The molecule has 0 amide bonds. The topological polar surface area (TPSA) is 12.5 Å². The molecule has 0 atom stereocenters. The maximum absolute atomic E-state index is 5.18. The number of nitrogens with zero attached hydrogens (tertiary/aromatic N) is 1. The average molecular weight is 114 g/mol. The summed E-state index contributed by atoms with van der Waals surface area (Å²) in [4.78, 5) is 2.05. The molecular weight excluding hydrogens is 102 g/mol. The molecule has 0 spiro atoms. The maximum atomic E-state index is 5.18. The van der Waals surface area contributed by atoms with E-state index in [1.807, 2.05) is 4.90 Å². The van der Waals surface area contributed by atoms with Crippen LogP contribution in [-0.4, -0.2) is 31.2 Å². The van der Waals surface area contributed by atoms with Crippen molar-refractivity contribution in [3.8, 4) is 0 Å². The molecule has 2 nitrogen and oxygen atoms in total. The smallest absolute Gasteiger partial charge is 0.0569 e. The van der Waals surface area contributed by atoms with Crippen molar-refractivity contribution < 1.29 is 4.74 Å². The van der Waals surface area contributed by atoms with Crippen LogP contribution < -0.4 is 0 Å². The molecule has 8 heavy (non-hydrogen) atoms. The van der Waals surface area contributed by atoms with Gasteiger partial charge in [-0.25, -0.2) is 0 Å². The third-order valence-corrected chi connectivity index (χ3v) is 1.31. The monoisotopic (exact) mass is 114 g/mol. The third kappa shape index (κ3) is 1.80. The first-order valence-electron chi connectivity index (χ1n) is 3.03. The normalized spacial score (nSPS) is 25.1. The summed E-state index contributed by atoms with van der Waals surface area (Å²) in [6.07, 6.45) is 1.13. The number of rotatable bonds is 0. The lowest BCUT2D eigenvalue weighted by Crippen LogP contribution is -2.18. The highest BCUT2D eigenvalue weighted by Crippen LogP contribution is 1.94. The summed E-state index contributed by atoms with van der Waals surface area (Å²) in [5.74, 6) is 0. The quantitative estimate of drug-likeness (QED) is 0.425. The molecule has 0 aromatic carbocycles. The van der Waals surface area contributed by atoms with Gasteiger partial charge in [0.05, 0.1) is 6.61 Å². The number of hydrogen-bond donors (Lipinski definition) is 0. The Morgan fingerprint density at radius 3 is 3.00 bits per heavy atom. The maximum Gasteiger partial charge on any atom is 0.0569 e. The molecule has 1 heterocycles. The van der Waals surface area contributed by atoms with Crippen LogP contribution in [0.2, 0.25) is 0 Å². The molecule has 0 bridgehead atoms. The van der Waals surface area contributed by atoms with E-state index in [2.05, 4.69) is 7.05 Å². The van der Waals surface area contributed by atoms with Crippen molar-refractivity contribution in [2.24, 2.45) is 0 Å². The molecule has 0 saturated carbocycles. The molecule has 48 valence electrons. The highest BCUT2D eigenvalue weighted by atomic mass is 16.5. The molecule has 0 aromatic heterocycles. The van der Waals surface area contributed by atoms with E-state index in [1.54, 1.807) is 0 Å². The molecular formula is C6H12NO-. The summed E-state index contributed by atoms with van der Waals surface area (Å²) < 4.78 is 5.18. The largest absolute Gasteiger partial charge is 0.457 e. The van der Waals surface area contributed by atoms with Gasteiger partial charge in [-0.15, -0.1) is 0 Å². The minimum atomic E-state index is 0.851. The van der Waals surface area contributed by atoms with E-state index in [0.717, 1.165) is 32.7 Å². The average Bonchev–Trinajstić information content (AvgIpc) is 1.94. The van der Waals surface area contributed by atoms with Crippen molar-refractivity contribution in [1.82, 2.24) is 4.90 Å². The van der Waals surface area contributed by atoms with Crippen LogP contribution in [-0.2, 0) is 4.74 Å². The van der Waals surface area contributed by atoms with Gasteiger partial charge in [-0.1, -0.05) is 0 Å². The van der Waals surface area contributed by atoms with Crippen LogP contribution >= 0.6 is 0 Å². The van der Waals surface area contributed by atoms with Crippen LogP contribution in [0.25, 0.3) is 0 Å².